The first kappa shape index (κ1) is 24.5. The minimum atomic E-state index is 0. The van der Waals surface area contributed by atoms with Gasteiger partial charge in [0.2, 0.25) is 0 Å². The van der Waals surface area contributed by atoms with E-state index in [2.05, 4.69) is 54.3 Å². The van der Waals surface area contributed by atoms with Crippen molar-refractivity contribution >= 4 is 29.9 Å². The molecular weight excluding hydrogens is 495 g/mol. The van der Waals surface area contributed by atoms with E-state index in [1.165, 1.54) is 19.4 Å². The van der Waals surface area contributed by atoms with Gasteiger partial charge < -0.3 is 19.8 Å². The number of halogens is 1. The van der Waals surface area contributed by atoms with Crippen LogP contribution >= 0.6 is 24.0 Å². The van der Waals surface area contributed by atoms with E-state index in [0.717, 1.165) is 56.0 Å². The van der Waals surface area contributed by atoms with Gasteiger partial charge in [0, 0.05) is 39.1 Å². The molecule has 0 bridgehead atoms. The molecule has 0 amide bonds. The Balaban J connectivity index is 0.00000320. The molecular formula is C19H35IN10. The summed E-state index contributed by atoms with van der Waals surface area (Å²) in [4.78, 5) is 7.28. The molecule has 11 heteroatoms. The lowest BCUT2D eigenvalue weighted by Crippen LogP contribution is -2.45. The highest BCUT2D eigenvalue weighted by Crippen LogP contribution is 2.15. The topological polar surface area (TPSA) is 101 Å². The third kappa shape index (κ3) is 6.37. The molecule has 1 atom stereocenters. The van der Waals surface area contributed by atoms with E-state index >= 15 is 0 Å². The monoisotopic (exact) mass is 530 g/mol. The molecule has 0 aliphatic carbocycles. The fraction of sp³-hybridized carbons (Fsp3) is 0.737. The number of hydrogen-bond acceptors (Lipinski definition) is 6. The molecule has 1 aliphatic rings. The minimum absolute atomic E-state index is 0. The Morgan fingerprint density at radius 1 is 1.20 bits per heavy atom. The number of rotatable bonds is 9. The molecule has 1 aliphatic heterocycles. The zero-order valence-electron chi connectivity index (χ0n) is 18.5. The second kappa shape index (κ2) is 12.2. The van der Waals surface area contributed by atoms with Crippen LogP contribution in [0.1, 0.15) is 44.2 Å². The maximum atomic E-state index is 4.75. The van der Waals surface area contributed by atoms with Gasteiger partial charge in [-0.05, 0) is 32.9 Å². The van der Waals surface area contributed by atoms with E-state index in [9.17, 15) is 0 Å². The Morgan fingerprint density at radius 3 is 2.73 bits per heavy atom. The van der Waals surface area contributed by atoms with Crippen LogP contribution in [0.4, 0.5) is 0 Å². The lowest BCUT2D eigenvalue weighted by Gasteiger charge is -2.24. The van der Waals surface area contributed by atoms with Gasteiger partial charge in [0.1, 0.15) is 24.5 Å². The Labute approximate surface area is 196 Å². The van der Waals surface area contributed by atoms with E-state index in [4.69, 9.17) is 4.99 Å². The van der Waals surface area contributed by atoms with Gasteiger partial charge in [0.25, 0.3) is 0 Å². The molecule has 0 radical (unpaired) electrons. The summed E-state index contributed by atoms with van der Waals surface area (Å²) in [6.45, 7) is 11.5. The quantitative estimate of drug-likeness (QED) is 0.285. The summed E-state index contributed by atoms with van der Waals surface area (Å²) in [5.41, 5.74) is 0. The van der Waals surface area contributed by atoms with Crippen LogP contribution in [-0.2, 0) is 26.6 Å². The third-order valence-electron chi connectivity index (χ3n) is 5.63. The lowest BCUT2D eigenvalue weighted by atomic mass is 10.2. The smallest absolute Gasteiger partial charge is 0.191 e. The number of likely N-dealkylation sites (N-methyl/N-ethyl adjacent to an activating group) is 1. The average molecular weight is 530 g/mol. The molecule has 2 aromatic heterocycles. The van der Waals surface area contributed by atoms with Crippen LogP contribution < -0.4 is 10.6 Å². The number of aromatic nitrogens is 6. The molecule has 1 fully saturated rings. The number of nitrogens with zero attached hydrogens (tertiary/aromatic N) is 8. The fourth-order valence-corrected chi connectivity index (χ4v) is 3.70. The Morgan fingerprint density at radius 2 is 2.03 bits per heavy atom. The van der Waals surface area contributed by atoms with Crippen molar-refractivity contribution < 1.29 is 0 Å². The molecule has 2 N–H and O–H groups in total. The maximum absolute atomic E-state index is 4.75. The normalized spacial score (nSPS) is 17.2. The lowest BCUT2D eigenvalue weighted by molar-refractivity contribution is 0.267. The number of aryl methyl sites for hydroxylation is 2. The van der Waals surface area contributed by atoms with Gasteiger partial charge in [-0.3, -0.25) is 4.90 Å². The molecule has 30 heavy (non-hydrogen) atoms. The van der Waals surface area contributed by atoms with E-state index in [1.807, 2.05) is 18.5 Å². The van der Waals surface area contributed by atoms with Crippen LogP contribution in [0.3, 0.4) is 0 Å². The van der Waals surface area contributed by atoms with Crippen LogP contribution in [-0.4, -0.2) is 72.6 Å². The van der Waals surface area contributed by atoms with Crippen LogP contribution in [0.25, 0.3) is 0 Å². The second-order valence-corrected chi connectivity index (χ2v) is 7.41. The zero-order chi connectivity index (χ0) is 20.6. The number of hydrogen-bond donors (Lipinski definition) is 2. The van der Waals surface area contributed by atoms with Gasteiger partial charge in [-0.1, -0.05) is 13.8 Å². The van der Waals surface area contributed by atoms with Crippen molar-refractivity contribution in [1.29, 1.82) is 0 Å². The van der Waals surface area contributed by atoms with Crippen LogP contribution in [0.15, 0.2) is 11.3 Å². The van der Waals surface area contributed by atoms with Gasteiger partial charge in [0.05, 0.1) is 0 Å². The van der Waals surface area contributed by atoms with Gasteiger partial charge in [-0.2, -0.15) is 0 Å². The Bertz CT molecular complexity index is 799. The predicted molar refractivity (Wildman–Crippen MR) is 128 cm³/mol. The fourth-order valence-electron chi connectivity index (χ4n) is 3.70. The van der Waals surface area contributed by atoms with Crippen LogP contribution in [0.2, 0.25) is 0 Å². The summed E-state index contributed by atoms with van der Waals surface area (Å²) in [5.74, 6) is 3.55. The SMILES string of the molecule is CCc1nncn1CCNC(=NCc1nnc(C)n1C)NCC1CCCN1CC.I. The summed E-state index contributed by atoms with van der Waals surface area (Å²) in [5, 5.41) is 23.5. The number of likely N-dealkylation sites (tertiary alicyclic amines) is 1. The summed E-state index contributed by atoms with van der Waals surface area (Å²) in [6.07, 6.45) is 5.16. The maximum Gasteiger partial charge on any atom is 0.191 e. The number of aliphatic imine (C=N–C) groups is 1. The molecule has 0 aromatic carbocycles. The van der Waals surface area contributed by atoms with Crippen molar-refractivity contribution in [3.05, 3.63) is 23.8 Å². The van der Waals surface area contributed by atoms with E-state index in [1.54, 1.807) is 6.33 Å². The molecule has 3 rings (SSSR count). The molecule has 168 valence electrons. The highest BCUT2D eigenvalue weighted by atomic mass is 127. The molecule has 0 spiro atoms. The van der Waals surface area contributed by atoms with Crippen molar-refractivity contribution in [2.75, 3.05) is 26.2 Å². The van der Waals surface area contributed by atoms with Gasteiger partial charge >= 0.3 is 0 Å². The van der Waals surface area contributed by atoms with Crippen molar-refractivity contribution in [2.45, 2.75) is 59.2 Å². The molecule has 10 nitrogen and oxygen atoms in total. The molecule has 2 aromatic rings. The van der Waals surface area contributed by atoms with Gasteiger partial charge in [-0.25, -0.2) is 4.99 Å². The average Bonchev–Trinajstić information content (AvgIpc) is 3.45. The van der Waals surface area contributed by atoms with Crippen molar-refractivity contribution in [1.82, 2.24) is 45.1 Å². The van der Waals surface area contributed by atoms with E-state index < -0.39 is 0 Å². The summed E-state index contributed by atoms with van der Waals surface area (Å²) >= 11 is 0. The van der Waals surface area contributed by atoms with Gasteiger partial charge in [0.15, 0.2) is 11.8 Å². The molecule has 3 heterocycles. The Kier molecular flexibility index (Phi) is 9.95. The van der Waals surface area contributed by atoms with Crippen molar-refractivity contribution in [2.24, 2.45) is 12.0 Å². The van der Waals surface area contributed by atoms with Crippen LogP contribution in [0, 0.1) is 6.92 Å². The Hall–Kier alpha value is -1.76. The molecule has 1 unspecified atom stereocenters. The van der Waals surface area contributed by atoms with E-state index in [-0.39, 0.29) is 24.0 Å². The molecule has 0 saturated carbocycles. The zero-order valence-corrected chi connectivity index (χ0v) is 20.8. The largest absolute Gasteiger partial charge is 0.355 e. The van der Waals surface area contributed by atoms with Gasteiger partial charge in [-0.15, -0.1) is 44.4 Å². The van der Waals surface area contributed by atoms with Crippen molar-refractivity contribution in [3.8, 4) is 0 Å². The second-order valence-electron chi connectivity index (χ2n) is 7.41. The number of nitrogens with one attached hydrogen (secondary N) is 2. The highest BCUT2D eigenvalue weighted by Gasteiger charge is 2.22. The first-order valence-electron chi connectivity index (χ1n) is 10.6. The summed E-state index contributed by atoms with van der Waals surface area (Å²) in [6, 6.07) is 0.564. The summed E-state index contributed by atoms with van der Waals surface area (Å²) < 4.78 is 4.05. The van der Waals surface area contributed by atoms with Crippen molar-refractivity contribution in [3.63, 3.8) is 0 Å². The standard InChI is InChI=1S/C19H34N10.HI/c1-5-17-25-23-14-29(17)11-9-20-19(21-12-16-8-7-10-28(16)6-2)22-13-18-26-24-15(3)27(18)4;/h14,16H,5-13H2,1-4H3,(H2,20,21,22);1H. The summed E-state index contributed by atoms with van der Waals surface area (Å²) in [7, 11) is 1.97. The van der Waals surface area contributed by atoms with Crippen LogP contribution in [0.5, 0.6) is 0 Å². The predicted octanol–water partition coefficient (Wildman–Crippen LogP) is 1.12. The minimum Gasteiger partial charge on any atom is -0.355 e. The number of guanidine groups is 1. The third-order valence-corrected chi connectivity index (χ3v) is 5.63. The highest BCUT2D eigenvalue weighted by molar-refractivity contribution is 14.0. The van der Waals surface area contributed by atoms with E-state index in [0.29, 0.717) is 12.6 Å². The first-order valence-corrected chi connectivity index (χ1v) is 10.6. The first-order chi connectivity index (χ1) is 14.1. The molecule has 1 saturated heterocycles.